The van der Waals surface area contributed by atoms with Crippen molar-refractivity contribution in [2.45, 2.75) is 19.0 Å². The van der Waals surface area contributed by atoms with Crippen LogP contribution in [-0.2, 0) is 12.6 Å². The van der Waals surface area contributed by atoms with Gasteiger partial charge in [0.05, 0.1) is 5.56 Å². The highest BCUT2D eigenvalue weighted by Gasteiger charge is 2.32. The smallest absolute Gasteiger partial charge is 0.319 e. The Balaban J connectivity index is 2.81. The van der Waals surface area contributed by atoms with Crippen LogP contribution in [0.25, 0.3) is 0 Å². The lowest BCUT2D eigenvalue weighted by Crippen LogP contribution is -2.11. The largest absolute Gasteiger partial charge is 0.416 e. The fourth-order valence-electron chi connectivity index (χ4n) is 1.61. The highest BCUT2D eigenvalue weighted by atomic mass is 19.4. The van der Waals surface area contributed by atoms with E-state index in [9.17, 15) is 13.2 Å². The van der Waals surface area contributed by atoms with Crippen LogP contribution in [0.5, 0.6) is 0 Å². The first-order valence-electron chi connectivity index (χ1n) is 5.41. The Hall–Kier alpha value is -1.29. The summed E-state index contributed by atoms with van der Waals surface area (Å²) in [6.07, 6.45) is -3.33. The van der Waals surface area contributed by atoms with Gasteiger partial charge in [0.15, 0.2) is 0 Å². The second kappa shape index (κ2) is 5.87. The van der Waals surface area contributed by atoms with Crippen LogP contribution in [0.3, 0.4) is 0 Å². The van der Waals surface area contributed by atoms with Gasteiger partial charge in [-0.25, -0.2) is 0 Å². The van der Waals surface area contributed by atoms with E-state index in [1.807, 2.05) is 0 Å². The molecule has 0 aromatic heterocycles. The predicted molar refractivity (Wildman–Crippen MR) is 62.8 cm³/mol. The second-order valence-corrected chi connectivity index (χ2v) is 3.94. The van der Waals surface area contributed by atoms with Crippen LogP contribution in [0.4, 0.5) is 13.2 Å². The SMILES string of the molecule is C=C(CCNC)Cc1ccccc1C(F)(F)F. The molecule has 1 nitrogen and oxygen atoms in total. The van der Waals surface area contributed by atoms with Crippen LogP contribution >= 0.6 is 0 Å². The van der Waals surface area contributed by atoms with Gasteiger partial charge in [0.1, 0.15) is 0 Å². The standard InChI is InChI=1S/C13H16F3N/c1-10(7-8-17-2)9-11-5-3-4-6-12(11)13(14,15)16/h3-6,17H,1,7-9H2,2H3. The number of alkyl halides is 3. The molecule has 0 aliphatic heterocycles. The van der Waals surface area contributed by atoms with E-state index in [0.717, 1.165) is 18.2 Å². The van der Waals surface area contributed by atoms with Crippen LogP contribution < -0.4 is 5.32 Å². The maximum atomic E-state index is 12.7. The van der Waals surface area contributed by atoms with Gasteiger partial charge in [-0.2, -0.15) is 13.2 Å². The number of rotatable bonds is 5. The minimum atomic E-state index is -4.29. The second-order valence-electron chi connectivity index (χ2n) is 3.94. The molecule has 0 aliphatic carbocycles. The molecule has 4 heteroatoms. The molecular weight excluding hydrogens is 227 g/mol. The van der Waals surface area contributed by atoms with E-state index < -0.39 is 11.7 Å². The van der Waals surface area contributed by atoms with E-state index in [1.165, 1.54) is 12.1 Å². The molecule has 0 radical (unpaired) electrons. The van der Waals surface area contributed by atoms with Gasteiger partial charge in [0.25, 0.3) is 0 Å². The normalized spacial score (nSPS) is 11.5. The Bertz CT molecular complexity index is 382. The highest BCUT2D eigenvalue weighted by Crippen LogP contribution is 2.32. The van der Waals surface area contributed by atoms with Crippen molar-refractivity contribution in [3.8, 4) is 0 Å². The molecular formula is C13H16F3N. The lowest BCUT2D eigenvalue weighted by atomic mass is 9.99. The van der Waals surface area contributed by atoms with Gasteiger partial charge < -0.3 is 5.32 Å². The quantitative estimate of drug-likeness (QED) is 0.781. The molecule has 0 amide bonds. The van der Waals surface area contributed by atoms with E-state index in [1.54, 1.807) is 13.1 Å². The minimum absolute atomic E-state index is 0.275. The van der Waals surface area contributed by atoms with Crippen LogP contribution in [0.1, 0.15) is 17.5 Å². The highest BCUT2D eigenvalue weighted by molar-refractivity contribution is 5.32. The van der Waals surface area contributed by atoms with Crippen molar-refractivity contribution in [3.63, 3.8) is 0 Å². The van der Waals surface area contributed by atoms with E-state index >= 15 is 0 Å². The van der Waals surface area contributed by atoms with Gasteiger partial charge in [-0.05, 0) is 38.1 Å². The number of benzene rings is 1. The van der Waals surface area contributed by atoms with Crippen molar-refractivity contribution >= 4 is 0 Å². The molecule has 0 spiro atoms. The number of halogens is 3. The number of nitrogens with one attached hydrogen (secondary N) is 1. The van der Waals surface area contributed by atoms with E-state index in [-0.39, 0.29) is 6.42 Å². The maximum Gasteiger partial charge on any atom is 0.416 e. The van der Waals surface area contributed by atoms with Gasteiger partial charge in [0.2, 0.25) is 0 Å². The van der Waals surface area contributed by atoms with Crippen LogP contribution in [0.2, 0.25) is 0 Å². The molecule has 94 valence electrons. The molecule has 1 aromatic carbocycles. The summed E-state index contributed by atoms with van der Waals surface area (Å²) in [6.45, 7) is 4.53. The fraction of sp³-hybridized carbons (Fsp3) is 0.385. The Kier molecular flexibility index (Phi) is 4.75. The minimum Gasteiger partial charge on any atom is -0.319 e. The molecule has 1 N–H and O–H groups in total. The third kappa shape index (κ3) is 4.23. The Morgan fingerprint density at radius 1 is 1.29 bits per heavy atom. The van der Waals surface area contributed by atoms with E-state index in [0.29, 0.717) is 12.0 Å². The predicted octanol–water partition coefficient (Wildman–Crippen LogP) is 3.41. The molecule has 0 heterocycles. The van der Waals surface area contributed by atoms with E-state index in [4.69, 9.17) is 0 Å². The van der Waals surface area contributed by atoms with Gasteiger partial charge >= 0.3 is 6.18 Å². The van der Waals surface area contributed by atoms with Crippen molar-refractivity contribution in [2.24, 2.45) is 0 Å². The average molecular weight is 243 g/mol. The third-order valence-corrected chi connectivity index (χ3v) is 2.49. The summed E-state index contributed by atoms with van der Waals surface area (Å²) in [4.78, 5) is 0. The molecule has 1 rings (SSSR count). The summed E-state index contributed by atoms with van der Waals surface area (Å²) < 4.78 is 38.1. The van der Waals surface area contributed by atoms with Crippen molar-refractivity contribution in [1.82, 2.24) is 5.32 Å². The Morgan fingerprint density at radius 3 is 2.53 bits per heavy atom. The summed E-state index contributed by atoms with van der Waals surface area (Å²) in [5.41, 5.74) is 0.530. The first-order chi connectivity index (χ1) is 7.95. The summed E-state index contributed by atoms with van der Waals surface area (Å²) in [6, 6.07) is 5.65. The summed E-state index contributed by atoms with van der Waals surface area (Å²) in [5.74, 6) is 0. The van der Waals surface area contributed by atoms with Crippen LogP contribution in [0, 0.1) is 0 Å². The van der Waals surface area contributed by atoms with Crippen molar-refractivity contribution in [3.05, 3.63) is 47.5 Å². The van der Waals surface area contributed by atoms with Crippen molar-refractivity contribution in [1.29, 1.82) is 0 Å². The molecule has 0 unspecified atom stereocenters. The molecule has 0 atom stereocenters. The maximum absolute atomic E-state index is 12.7. The molecule has 0 bridgehead atoms. The Morgan fingerprint density at radius 2 is 1.94 bits per heavy atom. The fourth-order valence-corrected chi connectivity index (χ4v) is 1.61. The monoisotopic (exact) mass is 243 g/mol. The first-order valence-corrected chi connectivity index (χ1v) is 5.41. The topological polar surface area (TPSA) is 12.0 Å². The Labute approximate surface area is 99.3 Å². The van der Waals surface area contributed by atoms with Gasteiger partial charge in [-0.3, -0.25) is 0 Å². The van der Waals surface area contributed by atoms with E-state index in [2.05, 4.69) is 11.9 Å². The summed E-state index contributed by atoms with van der Waals surface area (Å²) in [5, 5.41) is 2.95. The third-order valence-electron chi connectivity index (χ3n) is 2.49. The first kappa shape index (κ1) is 13.8. The van der Waals surface area contributed by atoms with Crippen molar-refractivity contribution in [2.75, 3.05) is 13.6 Å². The van der Waals surface area contributed by atoms with Gasteiger partial charge in [-0.15, -0.1) is 0 Å². The number of hydrogen-bond acceptors (Lipinski definition) is 1. The molecule has 17 heavy (non-hydrogen) atoms. The zero-order valence-electron chi connectivity index (χ0n) is 9.77. The lowest BCUT2D eigenvalue weighted by molar-refractivity contribution is -0.138. The lowest BCUT2D eigenvalue weighted by Gasteiger charge is -2.13. The molecule has 0 aliphatic rings. The molecule has 0 fully saturated rings. The zero-order chi connectivity index (χ0) is 12.9. The van der Waals surface area contributed by atoms with Crippen molar-refractivity contribution < 1.29 is 13.2 Å². The molecule has 0 saturated carbocycles. The average Bonchev–Trinajstić information content (AvgIpc) is 2.25. The molecule has 1 aromatic rings. The summed E-state index contributed by atoms with van der Waals surface area (Å²) >= 11 is 0. The molecule has 0 saturated heterocycles. The number of hydrogen-bond donors (Lipinski definition) is 1. The van der Waals surface area contributed by atoms with Gasteiger partial charge in [-0.1, -0.05) is 30.4 Å². The van der Waals surface area contributed by atoms with Crippen LogP contribution in [0.15, 0.2) is 36.4 Å². The van der Waals surface area contributed by atoms with Gasteiger partial charge in [0, 0.05) is 0 Å². The zero-order valence-corrected chi connectivity index (χ0v) is 9.77. The van der Waals surface area contributed by atoms with Crippen LogP contribution in [-0.4, -0.2) is 13.6 Å². The summed E-state index contributed by atoms with van der Waals surface area (Å²) in [7, 11) is 1.80.